The van der Waals surface area contributed by atoms with Crippen molar-refractivity contribution in [1.82, 2.24) is 9.80 Å². The monoisotopic (exact) mass is 210 g/mol. The van der Waals surface area contributed by atoms with Gasteiger partial charge < -0.3 is 4.90 Å². The average molecular weight is 210 g/mol. The lowest BCUT2D eigenvalue weighted by Gasteiger charge is -2.41. The van der Waals surface area contributed by atoms with Crippen molar-refractivity contribution in [2.24, 2.45) is 5.92 Å². The Kier molecular flexibility index (Phi) is 3.62. The number of piperazine rings is 1. The molecule has 1 aliphatic carbocycles. The van der Waals surface area contributed by atoms with Crippen LogP contribution in [0.5, 0.6) is 0 Å². The van der Waals surface area contributed by atoms with E-state index < -0.39 is 0 Å². The van der Waals surface area contributed by atoms with Crippen molar-refractivity contribution in [3.8, 4) is 0 Å². The van der Waals surface area contributed by atoms with E-state index in [0.717, 1.165) is 44.5 Å². The fourth-order valence-corrected chi connectivity index (χ4v) is 2.94. The molecular weight excluding hydrogens is 188 g/mol. The zero-order valence-electron chi connectivity index (χ0n) is 9.69. The first-order valence-corrected chi connectivity index (χ1v) is 6.23. The SMILES string of the molecule is CC1CCCC(N2CCN(C=O)CC2)C1. The summed E-state index contributed by atoms with van der Waals surface area (Å²) in [6, 6.07) is 0.794. The number of hydrogen-bond acceptors (Lipinski definition) is 2. The van der Waals surface area contributed by atoms with E-state index in [4.69, 9.17) is 0 Å². The van der Waals surface area contributed by atoms with Crippen LogP contribution >= 0.6 is 0 Å². The molecule has 0 spiro atoms. The van der Waals surface area contributed by atoms with Crippen molar-refractivity contribution >= 4 is 6.41 Å². The smallest absolute Gasteiger partial charge is 0.209 e. The molecule has 3 heteroatoms. The molecule has 0 aromatic heterocycles. The molecule has 0 bridgehead atoms. The van der Waals surface area contributed by atoms with E-state index in [1.54, 1.807) is 0 Å². The molecule has 2 fully saturated rings. The van der Waals surface area contributed by atoms with Crippen molar-refractivity contribution < 1.29 is 4.79 Å². The summed E-state index contributed by atoms with van der Waals surface area (Å²) in [7, 11) is 0. The highest BCUT2D eigenvalue weighted by Crippen LogP contribution is 2.27. The number of nitrogens with zero attached hydrogens (tertiary/aromatic N) is 2. The number of carbonyl (C=O) groups is 1. The minimum absolute atomic E-state index is 0.794. The van der Waals surface area contributed by atoms with Gasteiger partial charge in [-0.1, -0.05) is 19.8 Å². The average Bonchev–Trinajstić information content (AvgIpc) is 2.29. The summed E-state index contributed by atoms with van der Waals surface area (Å²) in [5, 5.41) is 0. The van der Waals surface area contributed by atoms with Crippen LogP contribution in [0.3, 0.4) is 0 Å². The molecule has 2 atom stereocenters. The molecule has 2 unspecified atom stereocenters. The third kappa shape index (κ3) is 2.71. The van der Waals surface area contributed by atoms with E-state index in [1.807, 2.05) is 4.90 Å². The Hall–Kier alpha value is -0.570. The van der Waals surface area contributed by atoms with Gasteiger partial charge in [0, 0.05) is 32.2 Å². The van der Waals surface area contributed by atoms with Crippen molar-refractivity contribution in [2.75, 3.05) is 26.2 Å². The van der Waals surface area contributed by atoms with Crippen LogP contribution in [0.1, 0.15) is 32.6 Å². The normalized spacial score (nSPS) is 34.1. The molecule has 0 N–H and O–H groups in total. The Morgan fingerprint density at radius 1 is 1.13 bits per heavy atom. The maximum atomic E-state index is 10.6. The van der Waals surface area contributed by atoms with Crippen LogP contribution in [0.4, 0.5) is 0 Å². The molecule has 0 radical (unpaired) electrons. The van der Waals surface area contributed by atoms with E-state index in [0.29, 0.717) is 0 Å². The summed E-state index contributed by atoms with van der Waals surface area (Å²) in [6.07, 6.45) is 6.51. The van der Waals surface area contributed by atoms with Gasteiger partial charge >= 0.3 is 0 Å². The number of amides is 1. The Balaban J connectivity index is 1.81. The predicted molar refractivity (Wildman–Crippen MR) is 60.6 cm³/mol. The fraction of sp³-hybridized carbons (Fsp3) is 0.917. The highest BCUT2D eigenvalue weighted by atomic mass is 16.1. The Morgan fingerprint density at radius 2 is 1.87 bits per heavy atom. The van der Waals surface area contributed by atoms with Gasteiger partial charge in [0.05, 0.1) is 0 Å². The maximum absolute atomic E-state index is 10.6. The number of hydrogen-bond donors (Lipinski definition) is 0. The molecular formula is C12H22N2O. The zero-order valence-corrected chi connectivity index (χ0v) is 9.69. The summed E-state index contributed by atoms with van der Waals surface area (Å²) in [5.74, 6) is 0.896. The van der Waals surface area contributed by atoms with Crippen LogP contribution in [-0.2, 0) is 4.79 Å². The lowest BCUT2D eigenvalue weighted by Crippen LogP contribution is -2.50. The molecule has 86 valence electrons. The Labute approximate surface area is 92.4 Å². The van der Waals surface area contributed by atoms with E-state index in [1.165, 1.54) is 25.7 Å². The van der Waals surface area contributed by atoms with Gasteiger partial charge in [-0.15, -0.1) is 0 Å². The maximum Gasteiger partial charge on any atom is 0.209 e. The highest BCUT2D eigenvalue weighted by Gasteiger charge is 2.26. The van der Waals surface area contributed by atoms with Gasteiger partial charge in [0.15, 0.2) is 0 Å². The summed E-state index contributed by atoms with van der Waals surface area (Å²) in [5.41, 5.74) is 0. The molecule has 1 amide bonds. The van der Waals surface area contributed by atoms with Gasteiger partial charge in [-0.25, -0.2) is 0 Å². The lowest BCUT2D eigenvalue weighted by atomic mass is 9.86. The van der Waals surface area contributed by atoms with Crippen LogP contribution in [0.2, 0.25) is 0 Å². The summed E-state index contributed by atoms with van der Waals surface area (Å²) >= 11 is 0. The first-order chi connectivity index (χ1) is 7.29. The van der Waals surface area contributed by atoms with Crippen LogP contribution in [-0.4, -0.2) is 48.4 Å². The minimum atomic E-state index is 0.794. The second kappa shape index (κ2) is 4.97. The van der Waals surface area contributed by atoms with Crippen molar-refractivity contribution in [1.29, 1.82) is 0 Å². The van der Waals surface area contributed by atoms with Crippen molar-refractivity contribution in [3.05, 3.63) is 0 Å². The standard InChI is InChI=1S/C12H22N2O/c1-11-3-2-4-12(9-11)14-7-5-13(10-15)6-8-14/h10-12H,2-9H2,1H3. The summed E-state index contributed by atoms with van der Waals surface area (Å²) < 4.78 is 0. The van der Waals surface area contributed by atoms with Gasteiger partial charge in [0.1, 0.15) is 0 Å². The third-order valence-corrected chi connectivity index (χ3v) is 3.92. The van der Waals surface area contributed by atoms with Crippen LogP contribution < -0.4 is 0 Å². The van der Waals surface area contributed by atoms with Crippen LogP contribution in [0.15, 0.2) is 0 Å². The summed E-state index contributed by atoms with van der Waals surface area (Å²) in [6.45, 7) is 6.38. The van der Waals surface area contributed by atoms with Gasteiger partial charge in [-0.2, -0.15) is 0 Å². The molecule has 1 saturated heterocycles. The number of carbonyl (C=O) groups excluding carboxylic acids is 1. The predicted octanol–water partition coefficient (Wildman–Crippen LogP) is 1.34. The minimum Gasteiger partial charge on any atom is -0.343 e. The van der Waals surface area contributed by atoms with Gasteiger partial charge in [-0.05, 0) is 18.8 Å². The van der Waals surface area contributed by atoms with Crippen LogP contribution in [0, 0.1) is 5.92 Å². The lowest BCUT2D eigenvalue weighted by molar-refractivity contribution is -0.120. The van der Waals surface area contributed by atoms with Gasteiger partial charge in [0.2, 0.25) is 6.41 Å². The fourth-order valence-electron chi connectivity index (χ4n) is 2.94. The van der Waals surface area contributed by atoms with Gasteiger partial charge in [-0.3, -0.25) is 9.69 Å². The highest BCUT2D eigenvalue weighted by molar-refractivity contribution is 5.47. The van der Waals surface area contributed by atoms with E-state index in [-0.39, 0.29) is 0 Å². The zero-order chi connectivity index (χ0) is 10.7. The van der Waals surface area contributed by atoms with Crippen molar-refractivity contribution in [2.45, 2.75) is 38.6 Å². The molecule has 15 heavy (non-hydrogen) atoms. The molecule has 1 aliphatic heterocycles. The molecule has 2 aliphatic rings. The second-order valence-corrected chi connectivity index (χ2v) is 5.10. The van der Waals surface area contributed by atoms with Crippen molar-refractivity contribution in [3.63, 3.8) is 0 Å². The first-order valence-electron chi connectivity index (χ1n) is 6.23. The molecule has 2 rings (SSSR count). The molecule has 1 heterocycles. The first kappa shape index (κ1) is 10.9. The quantitative estimate of drug-likeness (QED) is 0.642. The molecule has 1 saturated carbocycles. The van der Waals surface area contributed by atoms with Gasteiger partial charge in [0.25, 0.3) is 0 Å². The van der Waals surface area contributed by atoms with E-state index in [2.05, 4.69) is 11.8 Å². The topological polar surface area (TPSA) is 23.6 Å². The van der Waals surface area contributed by atoms with E-state index in [9.17, 15) is 4.79 Å². The van der Waals surface area contributed by atoms with Crippen LogP contribution in [0.25, 0.3) is 0 Å². The van der Waals surface area contributed by atoms with E-state index >= 15 is 0 Å². The Morgan fingerprint density at radius 3 is 2.47 bits per heavy atom. The second-order valence-electron chi connectivity index (χ2n) is 5.10. The summed E-state index contributed by atoms with van der Waals surface area (Å²) in [4.78, 5) is 15.1. The Bertz CT molecular complexity index is 212. The molecule has 3 nitrogen and oxygen atoms in total. The molecule has 0 aromatic carbocycles. The molecule has 0 aromatic rings. The largest absolute Gasteiger partial charge is 0.343 e. The number of rotatable bonds is 2. The third-order valence-electron chi connectivity index (χ3n) is 3.92.